The van der Waals surface area contributed by atoms with E-state index in [0.717, 1.165) is 5.39 Å². The number of ether oxygens (including phenoxy) is 1. The largest absolute Gasteiger partial charge is 0.468 e. The van der Waals surface area contributed by atoms with Crippen LogP contribution in [0, 0.1) is 0 Å². The minimum atomic E-state index is 0.289. The number of hydrogen-bond donors (Lipinski definition) is 0. The molecule has 0 N–H and O–H groups in total. The average Bonchev–Trinajstić information content (AvgIpc) is 2.82. The lowest BCUT2D eigenvalue weighted by atomic mass is 10.2. The summed E-state index contributed by atoms with van der Waals surface area (Å²) in [6, 6.07) is 7.34. The topological polar surface area (TPSA) is 65.7 Å². The van der Waals surface area contributed by atoms with Gasteiger partial charge in [0, 0.05) is 18.5 Å². The molecule has 0 aliphatic rings. The first-order chi connectivity index (χ1) is 9.24. The first-order valence-electron chi connectivity index (χ1n) is 5.61. The third-order valence-corrected chi connectivity index (χ3v) is 3.00. The number of hydrogen-bond acceptors (Lipinski definition) is 5. The predicted octanol–water partition coefficient (Wildman–Crippen LogP) is 1.99. The third kappa shape index (κ3) is 2.34. The molecule has 3 aromatic rings. The number of rotatable bonds is 3. The maximum absolute atomic E-state index is 6.02. The van der Waals surface area contributed by atoms with E-state index in [0.29, 0.717) is 22.2 Å². The van der Waals surface area contributed by atoms with Gasteiger partial charge < -0.3 is 4.74 Å². The van der Waals surface area contributed by atoms with Gasteiger partial charge in [-0.3, -0.25) is 4.68 Å². The molecular weight excluding hydrogens is 266 g/mol. The molecular formula is C12H10ClN5O. The monoisotopic (exact) mass is 275 g/mol. The highest BCUT2D eigenvalue weighted by Crippen LogP contribution is 2.22. The molecule has 3 rings (SSSR count). The minimum absolute atomic E-state index is 0.289. The van der Waals surface area contributed by atoms with Crippen LogP contribution in [-0.2, 0) is 13.7 Å². The van der Waals surface area contributed by atoms with Gasteiger partial charge in [0.15, 0.2) is 5.82 Å². The van der Waals surface area contributed by atoms with Crippen LogP contribution >= 0.6 is 11.6 Å². The van der Waals surface area contributed by atoms with Crippen LogP contribution in [0.15, 0.2) is 30.6 Å². The van der Waals surface area contributed by atoms with Crippen LogP contribution in [-0.4, -0.2) is 25.0 Å². The molecule has 7 heteroatoms. The quantitative estimate of drug-likeness (QED) is 0.731. The van der Waals surface area contributed by atoms with Gasteiger partial charge in [0.05, 0.1) is 5.02 Å². The van der Waals surface area contributed by atoms with E-state index < -0.39 is 0 Å². The van der Waals surface area contributed by atoms with Crippen molar-refractivity contribution in [1.82, 2.24) is 25.0 Å². The van der Waals surface area contributed by atoms with Crippen molar-refractivity contribution in [2.24, 2.45) is 7.05 Å². The van der Waals surface area contributed by atoms with Gasteiger partial charge in [-0.15, -0.1) is 10.2 Å². The lowest BCUT2D eigenvalue weighted by Gasteiger charge is -2.05. The second-order valence-corrected chi connectivity index (χ2v) is 4.36. The summed E-state index contributed by atoms with van der Waals surface area (Å²) in [4.78, 5) is 4.06. The molecule has 6 nitrogen and oxygen atoms in total. The lowest BCUT2D eigenvalue weighted by Crippen LogP contribution is -2.05. The van der Waals surface area contributed by atoms with E-state index in [1.807, 2.05) is 12.1 Å². The molecule has 96 valence electrons. The summed E-state index contributed by atoms with van der Waals surface area (Å²) in [6.07, 6.45) is 1.48. The van der Waals surface area contributed by atoms with E-state index in [4.69, 9.17) is 16.3 Å². The van der Waals surface area contributed by atoms with Crippen LogP contribution < -0.4 is 4.74 Å². The Morgan fingerprint density at radius 1 is 1.32 bits per heavy atom. The lowest BCUT2D eigenvalue weighted by molar-refractivity contribution is 0.276. The summed E-state index contributed by atoms with van der Waals surface area (Å²) in [5.41, 5.74) is 0.662. The van der Waals surface area contributed by atoms with Crippen molar-refractivity contribution in [1.29, 1.82) is 0 Å². The standard InChI is InChI=1S/C12H10ClN5O/c1-18-10(14-7-15-18)6-19-11-5-8-3-2-4-9(13)12(8)17-16-11/h2-5,7H,6H2,1H3. The molecule has 0 unspecified atom stereocenters. The first kappa shape index (κ1) is 11.9. The second-order valence-electron chi connectivity index (χ2n) is 3.95. The maximum atomic E-state index is 6.02. The molecule has 0 aliphatic heterocycles. The van der Waals surface area contributed by atoms with E-state index in [-0.39, 0.29) is 6.61 Å². The molecule has 19 heavy (non-hydrogen) atoms. The molecule has 0 bridgehead atoms. The van der Waals surface area contributed by atoms with Crippen LogP contribution in [0.1, 0.15) is 5.82 Å². The molecule has 0 spiro atoms. The molecule has 0 saturated heterocycles. The number of halogens is 1. The minimum Gasteiger partial charge on any atom is -0.468 e. The van der Waals surface area contributed by atoms with Crippen LogP contribution in [0.5, 0.6) is 5.88 Å². The molecule has 0 amide bonds. The van der Waals surface area contributed by atoms with E-state index >= 15 is 0 Å². The van der Waals surface area contributed by atoms with Gasteiger partial charge in [-0.25, -0.2) is 4.98 Å². The third-order valence-electron chi connectivity index (χ3n) is 2.70. The Bertz CT molecular complexity index is 727. The second kappa shape index (κ2) is 4.81. The van der Waals surface area contributed by atoms with Crippen molar-refractivity contribution >= 4 is 22.5 Å². The highest BCUT2D eigenvalue weighted by Gasteiger charge is 2.06. The fourth-order valence-electron chi connectivity index (χ4n) is 1.67. The SMILES string of the molecule is Cn1ncnc1COc1cc2cccc(Cl)c2nn1. The molecule has 1 aromatic carbocycles. The van der Waals surface area contributed by atoms with Gasteiger partial charge in [0.1, 0.15) is 18.5 Å². The summed E-state index contributed by atoms with van der Waals surface area (Å²) >= 11 is 6.02. The van der Waals surface area contributed by atoms with E-state index in [1.165, 1.54) is 6.33 Å². The molecule has 0 aliphatic carbocycles. The van der Waals surface area contributed by atoms with Crippen LogP contribution in [0.25, 0.3) is 10.9 Å². The van der Waals surface area contributed by atoms with Crippen molar-refractivity contribution < 1.29 is 4.74 Å². The number of aromatic nitrogens is 5. The number of fused-ring (bicyclic) bond motifs is 1. The summed E-state index contributed by atoms with van der Waals surface area (Å²) < 4.78 is 7.18. The zero-order valence-electron chi connectivity index (χ0n) is 10.1. The number of nitrogens with zero attached hydrogens (tertiary/aromatic N) is 5. The zero-order chi connectivity index (χ0) is 13.2. The smallest absolute Gasteiger partial charge is 0.234 e. The Hall–Kier alpha value is -2.21. The van der Waals surface area contributed by atoms with Crippen molar-refractivity contribution in [3.8, 4) is 5.88 Å². The normalized spacial score (nSPS) is 10.8. The van der Waals surface area contributed by atoms with Gasteiger partial charge in [-0.05, 0) is 6.07 Å². The number of aryl methyl sites for hydroxylation is 1. The van der Waals surface area contributed by atoms with Crippen molar-refractivity contribution in [2.45, 2.75) is 6.61 Å². The number of benzene rings is 1. The van der Waals surface area contributed by atoms with E-state index in [2.05, 4.69) is 20.3 Å². The Labute approximate surface area is 114 Å². The first-order valence-corrected chi connectivity index (χ1v) is 5.99. The van der Waals surface area contributed by atoms with Crippen LogP contribution in [0.4, 0.5) is 0 Å². The Balaban J connectivity index is 1.84. The Morgan fingerprint density at radius 2 is 2.21 bits per heavy atom. The molecule has 0 atom stereocenters. The zero-order valence-corrected chi connectivity index (χ0v) is 10.9. The summed E-state index contributed by atoms with van der Waals surface area (Å²) in [5.74, 6) is 1.14. The molecule has 0 radical (unpaired) electrons. The van der Waals surface area contributed by atoms with Crippen molar-refractivity contribution in [3.05, 3.63) is 41.4 Å². The maximum Gasteiger partial charge on any atom is 0.234 e. The van der Waals surface area contributed by atoms with Gasteiger partial charge in [0.2, 0.25) is 5.88 Å². The Kier molecular flexibility index (Phi) is 3.00. The summed E-state index contributed by atoms with van der Waals surface area (Å²) in [5, 5.41) is 13.5. The van der Waals surface area contributed by atoms with Gasteiger partial charge >= 0.3 is 0 Å². The highest BCUT2D eigenvalue weighted by atomic mass is 35.5. The molecule has 0 saturated carbocycles. The molecule has 2 heterocycles. The predicted molar refractivity (Wildman–Crippen MR) is 69.9 cm³/mol. The molecule has 2 aromatic heterocycles. The summed E-state index contributed by atoms with van der Waals surface area (Å²) in [6.45, 7) is 0.289. The van der Waals surface area contributed by atoms with Gasteiger partial charge in [-0.2, -0.15) is 5.10 Å². The van der Waals surface area contributed by atoms with Crippen molar-refractivity contribution in [2.75, 3.05) is 0 Å². The van der Waals surface area contributed by atoms with Gasteiger partial charge in [0.25, 0.3) is 0 Å². The van der Waals surface area contributed by atoms with E-state index in [9.17, 15) is 0 Å². The Morgan fingerprint density at radius 3 is 3.00 bits per heavy atom. The van der Waals surface area contributed by atoms with Crippen LogP contribution in [0.3, 0.4) is 0 Å². The molecule has 0 fully saturated rings. The summed E-state index contributed by atoms with van der Waals surface area (Å²) in [7, 11) is 1.80. The average molecular weight is 276 g/mol. The fourth-order valence-corrected chi connectivity index (χ4v) is 1.89. The van der Waals surface area contributed by atoms with E-state index in [1.54, 1.807) is 23.9 Å². The van der Waals surface area contributed by atoms with Crippen LogP contribution in [0.2, 0.25) is 5.02 Å². The fraction of sp³-hybridized carbons (Fsp3) is 0.167. The van der Waals surface area contributed by atoms with Crippen molar-refractivity contribution in [3.63, 3.8) is 0 Å². The highest BCUT2D eigenvalue weighted by molar-refractivity contribution is 6.34. The van der Waals surface area contributed by atoms with Gasteiger partial charge in [-0.1, -0.05) is 23.7 Å².